The zero-order chi connectivity index (χ0) is 22.2. The van der Waals surface area contributed by atoms with Gasteiger partial charge < -0.3 is 10.2 Å². The van der Waals surface area contributed by atoms with Crippen LogP contribution in [-0.4, -0.2) is 54.3 Å². The lowest BCUT2D eigenvalue weighted by molar-refractivity contribution is -0.135. The maximum absolute atomic E-state index is 13.1. The topological polar surface area (TPSA) is 52.7 Å². The number of hydrogen-bond acceptors (Lipinski definition) is 4. The van der Waals surface area contributed by atoms with Gasteiger partial charge in [-0.2, -0.15) is 11.3 Å². The van der Waals surface area contributed by atoms with Crippen LogP contribution in [0.2, 0.25) is 0 Å². The predicted octanol–water partition coefficient (Wildman–Crippen LogP) is 3.87. The first-order chi connectivity index (χ1) is 15.0. The molecule has 2 heterocycles. The van der Waals surface area contributed by atoms with Crippen molar-refractivity contribution < 1.29 is 14.0 Å². The summed E-state index contributed by atoms with van der Waals surface area (Å²) in [5.41, 5.74) is 2.02. The minimum Gasteiger partial charge on any atom is -0.354 e. The number of benzene rings is 1. The SMILES string of the molecule is CCN(CC)C(CNC(=O)C1CCCN(C(=O)Cc2ccc(F)cc2)C1)c1ccsc1. The van der Waals surface area contributed by atoms with Gasteiger partial charge in [0.05, 0.1) is 18.4 Å². The Hall–Kier alpha value is -2.25. The molecule has 7 heteroatoms. The number of likely N-dealkylation sites (tertiary alicyclic amines) is 1. The molecule has 1 N–H and O–H groups in total. The highest BCUT2D eigenvalue weighted by atomic mass is 32.1. The Bertz CT molecular complexity index is 837. The number of nitrogens with zero attached hydrogens (tertiary/aromatic N) is 2. The molecule has 168 valence electrons. The highest BCUT2D eigenvalue weighted by Gasteiger charge is 2.29. The van der Waals surface area contributed by atoms with E-state index >= 15 is 0 Å². The molecule has 1 aliphatic heterocycles. The van der Waals surface area contributed by atoms with Crippen molar-refractivity contribution >= 4 is 23.2 Å². The molecule has 2 unspecified atom stereocenters. The Labute approximate surface area is 188 Å². The summed E-state index contributed by atoms with van der Waals surface area (Å²) in [6.45, 7) is 7.79. The van der Waals surface area contributed by atoms with Gasteiger partial charge in [0.25, 0.3) is 0 Å². The third-order valence-electron chi connectivity index (χ3n) is 6.06. The Morgan fingerprint density at radius 1 is 1.23 bits per heavy atom. The molecule has 1 aromatic heterocycles. The lowest BCUT2D eigenvalue weighted by atomic mass is 9.96. The van der Waals surface area contributed by atoms with E-state index in [2.05, 4.69) is 40.9 Å². The molecule has 5 nitrogen and oxygen atoms in total. The van der Waals surface area contributed by atoms with E-state index in [1.807, 2.05) is 0 Å². The number of thiophene rings is 1. The molecular formula is C24H32FN3O2S. The number of rotatable bonds is 9. The lowest BCUT2D eigenvalue weighted by Crippen LogP contribution is -2.47. The van der Waals surface area contributed by atoms with Crippen LogP contribution in [0.5, 0.6) is 0 Å². The smallest absolute Gasteiger partial charge is 0.227 e. The van der Waals surface area contributed by atoms with Gasteiger partial charge in [-0.1, -0.05) is 26.0 Å². The molecule has 0 saturated carbocycles. The fourth-order valence-electron chi connectivity index (χ4n) is 4.23. The van der Waals surface area contributed by atoms with E-state index in [0.29, 0.717) is 19.6 Å². The second-order valence-corrected chi connectivity index (χ2v) is 8.80. The molecule has 0 aliphatic carbocycles. The molecule has 1 fully saturated rings. The molecule has 0 spiro atoms. The van der Waals surface area contributed by atoms with Crippen LogP contribution in [0.1, 0.15) is 43.9 Å². The minimum atomic E-state index is -0.309. The summed E-state index contributed by atoms with van der Waals surface area (Å²) in [4.78, 5) is 29.8. The van der Waals surface area contributed by atoms with Gasteiger partial charge in [-0.3, -0.25) is 14.5 Å². The molecule has 0 radical (unpaired) electrons. The molecule has 31 heavy (non-hydrogen) atoms. The molecule has 2 amide bonds. The van der Waals surface area contributed by atoms with E-state index in [1.54, 1.807) is 28.4 Å². The highest BCUT2D eigenvalue weighted by Crippen LogP contribution is 2.23. The summed E-state index contributed by atoms with van der Waals surface area (Å²) < 4.78 is 13.1. The number of halogens is 1. The van der Waals surface area contributed by atoms with E-state index in [0.717, 1.165) is 31.5 Å². The first-order valence-electron chi connectivity index (χ1n) is 11.1. The van der Waals surface area contributed by atoms with Crippen molar-refractivity contribution in [1.82, 2.24) is 15.1 Å². The molecular weight excluding hydrogens is 413 g/mol. The van der Waals surface area contributed by atoms with Gasteiger partial charge in [0.1, 0.15) is 5.82 Å². The van der Waals surface area contributed by atoms with Crippen LogP contribution in [0.25, 0.3) is 0 Å². The fraction of sp³-hybridized carbons (Fsp3) is 0.500. The summed E-state index contributed by atoms with van der Waals surface area (Å²) in [7, 11) is 0. The third-order valence-corrected chi connectivity index (χ3v) is 6.77. The number of carbonyl (C=O) groups is 2. The van der Waals surface area contributed by atoms with Crippen molar-refractivity contribution in [2.45, 2.75) is 39.2 Å². The van der Waals surface area contributed by atoms with Crippen LogP contribution in [0.4, 0.5) is 4.39 Å². The van der Waals surface area contributed by atoms with E-state index < -0.39 is 0 Å². The molecule has 1 aromatic carbocycles. The minimum absolute atomic E-state index is 0.0107. The van der Waals surface area contributed by atoms with Gasteiger partial charge in [0.15, 0.2) is 0 Å². The Morgan fingerprint density at radius 3 is 2.61 bits per heavy atom. The van der Waals surface area contributed by atoms with Gasteiger partial charge in [0.2, 0.25) is 11.8 Å². The number of nitrogens with one attached hydrogen (secondary N) is 1. The van der Waals surface area contributed by atoms with E-state index in [4.69, 9.17) is 0 Å². The zero-order valence-electron chi connectivity index (χ0n) is 18.4. The molecule has 3 rings (SSSR count). The predicted molar refractivity (Wildman–Crippen MR) is 122 cm³/mol. The molecule has 1 aliphatic rings. The second kappa shape index (κ2) is 11.4. The third kappa shape index (κ3) is 6.37. The quantitative estimate of drug-likeness (QED) is 0.638. The fourth-order valence-corrected chi connectivity index (χ4v) is 4.94. The number of hydrogen-bond donors (Lipinski definition) is 1. The summed E-state index contributed by atoms with van der Waals surface area (Å²) in [5, 5.41) is 7.36. The van der Waals surface area contributed by atoms with Crippen LogP contribution in [0.15, 0.2) is 41.1 Å². The second-order valence-electron chi connectivity index (χ2n) is 8.02. The van der Waals surface area contributed by atoms with Crippen molar-refractivity contribution in [2.24, 2.45) is 5.92 Å². The van der Waals surface area contributed by atoms with Crippen LogP contribution >= 0.6 is 11.3 Å². The van der Waals surface area contributed by atoms with Gasteiger partial charge in [-0.15, -0.1) is 0 Å². The Balaban J connectivity index is 1.56. The maximum Gasteiger partial charge on any atom is 0.227 e. The Morgan fingerprint density at radius 2 is 1.97 bits per heavy atom. The van der Waals surface area contributed by atoms with Gasteiger partial charge in [-0.05, 0) is 66.0 Å². The standard InChI is InChI=1S/C24H32FN3O2S/c1-3-27(4-2)22(20-11-13-31-17-20)15-26-24(30)19-6-5-12-28(16-19)23(29)14-18-7-9-21(25)10-8-18/h7-11,13,17,19,22H,3-6,12,14-16H2,1-2H3,(H,26,30). The number of amides is 2. The molecule has 1 saturated heterocycles. The summed E-state index contributed by atoms with van der Waals surface area (Å²) in [6.07, 6.45) is 1.84. The highest BCUT2D eigenvalue weighted by molar-refractivity contribution is 7.07. The summed E-state index contributed by atoms with van der Waals surface area (Å²) >= 11 is 1.67. The average Bonchev–Trinajstić information content (AvgIpc) is 3.32. The monoisotopic (exact) mass is 445 g/mol. The van der Waals surface area contributed by atoms with Gasteiger partial charge in [-0.25, -0.2) is 4.39 Å². The molecule has 2 atom stereocenters. The van der Waals surface area contributed by atoms with Crippen LogP contribution < -0.4 is 5.32 Å². The number of carbonyl (C=O) groups excluding carboxylic acids is 2. The van der Waals surface area contributed by atoms with E-state index in [1.165, 1.54) is 17.7 Å². The molecule has 2 aromatic rings. The van der Waals surface area contributed by atoms with Crippen LogP contribution in [-0.2, 0) is 16.0 Å². The van der Waals surface area contributed by atoms with Crippen LogP contribution in [0.3, 0.4) is 0 Å². The van der Waals surface area contributed by atoms with Crippen molar-refractivity contribution in [3.63, 3.8) is 0 Å². The van der Waals surface area contributed by atoms with Gasteiger partial charge in [0, 0.05) is 19.6 Å². The largest absolute Gasteiger partial charge is 0.354 e. The molecule has 0 bridgehead atoms. The van der Waals surface area contributed by atoms with Crippen LogP contribution in [0, 0.1) is 11.7 Å². The normalized spacial score (nSPS) is 17.5. The maximum atomic E-state index is 13.1. The number of piperidine rings is 1. The lowest BCUT2D eigenvalue weighted by Gasteiger charge is -2.33. The first kappa shape index (κ1) is 23.4. The summed E-state index contributed by atoms with van der Waals surface area (Å²) in [6, 6.07) is 8.29. The van der Waals surface area contributed by atoms with Crippen molar-refractivity contribution in [3.8, 4) is 0 Å². The van der Waals surface area contributed by atoms with Crippen molar-refractivity contribution in [3.05, 3.63) is 58.0 Å². The van der Waals surface area contributed by atoms with Gasteiger partial charge >= 0.3 is 0 Å². The van der Waals surface area contributed by atoms with E-state index in [9.17, 15) is 14.0 Å². The zero-order valence-corrected chi connectivity index (χ0v) is 19.2. The average molecular weight is 446 g/mol. The summed E-state index contributed by atoms with van der Waals surface area (Å²) in [5.74, 6) is -0.489. The Kier molecular flexibility index (Phi) is 8.60. The number of likely N-dealkylation sites (N-methyl/N-ethyl adjacent to an activating group) is 1. The van der Waals surface area contributed by atoms with Crippen molar-refractivity contribution in [1.29, 1.82) is 0 Å². The first-order valence-corrected chi connectivity index (χ1v) is 12.0. The van der Waals surface area contributed by atoms with E-state index in [-0.39, 0.29) is 36.0 Å². The van der Waals surface area contributed by atoms with Crippen molar-refractivity contribution in [2.75, 3.05) is 32.7 Å².